The quantitative estimate of drug-likeness (QED) is 0.752. The van der Waals surface area contributed by atoms with Crippen LogP contribution in [0.3, 0.4) is 0 Å². The molecule has 0 aromatic carbocycles. The summed E-state index contributed by atoms with van der Waals surface area (Å²) in [7, 11) is 0. The van der Waals surface area contributed by atoms with Crippen LogP contribution >= 0.6 is 11.3 Å². The fourth-order valence-electron chi connectivity index (χ4n) is 1.19. The van der Waals surface area contributed by atoms with Gasteiger partial charge in [-0.15, -0.1) is 0 Å². The van der Waals surface area contributed by atoms with Crippen molar-refractivity contribution in [2.75, 3.05) is 6.61 Å². The maximum atomic E-state index is 11.2. The number of hydrogen-bond acceptors (Lipinski definition) is 3. The van der Waals surface area contributed by atoms with E-state index in [2.05, 4.69) is 4.99 Å². The zero-order chi connectivity index (χ0) is 13.3. The van der Waals surface area contributed by atoms with Crippen molar-refractivity contribution in [3.63, 3.8) is 0 Å². The molecule has 0 bridgehead atoms. The van der Waals surface area contributed by atoms with Crippen molar-refractivity contribution in [2.24, 2.45) is 10.9 Å². The second kappa shape index (κ2) is 8.93. The zero-order valence-corrected chi connectivity index (χ0v) is 12.0. The fourth-order valence-corrected chi connectivity index (χ4v) is 1.84. The summed E-state index contributed by atoms with van der Waals surface area (Å²) in [6, 6.07) is 1.96. The Morgan fingerprint density at radius 3 is 2.53 bits per heavy atom. The van der Waals surface area contributed by atoms with Crippen molar-refractivity contribution in [3.05, 3.63) is 22.4 Å². The summed E-state index contributed by atoms with van der Waals surface area (Å²) < 4.78 is 4.80. The van der Waals surface area contributed by atoms with Gasteiger partial charge in [-0.1, -0.05) is 27.7 Å². The van der Waals surface area contributed by atoms with E-state index >= 15 is 0 Å². The SMILES string of the molecule is CC.CCOC(=O)/N=C(\c1ccsc1)C(C)C. The Morgan fingerprint density at radius 1 is 1.47 bits per heavy atom. The van der Waals surface area contributed by atoms with E-state index in [1.165, 1.54) is 0 Å². The first-order valence-electron chi connectivity index (χ1n) is 5.93. The van der Waals surface area contributed by atoms with Crippen molar-refractivity contribution < 1.29 is 9.53 Å². The van der Waals surface area contributed by atoms with Crippen LogP contribution in [0.1, 0.15) is 40.2 Å². The van der Waals surface area contributed by atoms with Crippen molar-refractivity contribution in [1.82, 2.24) is 0 Å². The highest BCUT2D eigenvalue weighted by Crippen LogP contribution is 2.13. The number of nitrogens with zero attached hydrogens (tertiary/aromatic N) is 1. The van der Waals surface area contributed by atoms with Crippen LogP contribution in [0.4, 0.5) is 4.79 Å². The fraction of sp³-hybridized carbons (Fsp3) is 0.538. The maximum absolute atomic E-state index is 11.2. The molecule has 0 fully saturated rings. The van der Waals surface area contributed by atoms with Crippen LogP contribution in [0.25, 0.3) is 0 Å². The molecule has 1 heterocycles. The molecule has 0 radical (unpaired) electrons. The van der Waals surface area contributed by atoms with Crippen LogP contribution < -0.4 is 0 Å². The number of carbonyl (C=O) groups excluding carboxylic acids is 1. The molecule has 1 amide bonds. The van der Waals surface area contributed by atoms with Gasteiger partial charge in [-0.25, -0.2) is 4.79 Å². The van der Waals surface area contributed by atoms with Gasteiger partial charge in [-0.2, -0.15) is 16.3 Å². The molecule has 0 saturated heterocycles. The summed E-state index contributed by atoms with van der Waals surface area (Å²) >= 11 is 1.59. The van der Waals surface area contributed by atoms with Gasteiger partial charge in [0.05, 0.1) is 12.3 Å². The van der Waals surface area contributed by atoms with Gasteiger partial charge in [-0.3, -0.25) is 0 Å². The predicted octanol–water partition coefficient (Wildman–Crippen LogP) is 4.38. The number of amides is 1. The standard InChI is InChI=1S/C11H15NO2S.C2H6/c1-4-14-11(13)12-10(8(2)3)9-5-6-15-7-9;1-2/h5-8H,4H2,1-3H3;1-2H3/b12-10-;. The third-order valence-electron chi connectivity index (χ3n) is 1.84. The molecule has 1 rings (SSSR count). The lowest BCUT2D eigenvalue weighted by molar-refractivity contribution is 0.163. The van der Waals surface area contributed by atoms with Gasteiger partial charge in [0.1, 0.15) is 0 Å². The molecule has 0 aliphatic rings. The zero-order valence-electron chi connectivity index (χ0n) is 11.2. The van der Waals surface area contributed by atoms with E-state index < -0.39 is 6.09 Å². The maximum Gasteiger partial charge on any atom is 0.433 e. The molecule has 3 nitrogen and oxygen atoms in total. The molecule has 0 spiro atoms. The molecule has 0 aliphatic carbocycles. The first-order chi connectivity index (χ1) is 8.15. The van der Waals surface area contributed by atoms with Crippen molar-refractivity contribution >= 4 is 23.1 Å². The normalized spacial score (nSPS) is 10.8. The molecule has 0 unspecified atom stereocenters. The van der Waals surface area contributed by atoms with E-state index in [0.29, 0.717) is 6.61 Å². The highest BCUT2D eigenvalue weighted by molar-refractivity contribution is 7.08. The number of aliphatic imine (C=N–C) groups is 1. The number of hydrogen-bond donors (Lipinski definition) is 0. The third-order valence-corrected chi connectivity index (χ3v) is 2.53. The minimum Gasteiger partial charge on any atom is -0.448 e. The molecule has 96 valence electrons. The van der Waals surface area contributed by atoms with E-state index in [4.69, 9.17) is 4.74 Å². The topological polar surface area (TPSA) is 38.7 Å². The van der Waals surface area contributed by atoms with E-state index in [-0.39, 0.29) is 5.92 Å². The van der Waals surface area contributed by atoms with Crippen molar-refractivity contribution in [2.45, 2.75) is 34.6 Å². The van der Waals surface area contributed by atoms with Gasteiger partial charge in [0.25, 0.3) is 0 Å². The predicted molar refractivity (Wildman–Crippen MR) is 74.1 cm³/mol. The van der Waals surface area contributed by atoms with Crippen LogP contribution in [0.15, 0.2) is 21.8 Å². The molecule has 0 saturated carbocycles. The summed E-state index contributed by atoms with van der Waals surface area (Å²) in [5.41, 5.74) is 1.79. The summed E-state index contributed by atoms with van der Waals surface area (Å²) in [4.78, 5) is 15.2. The Morgan fingerprint density at radius 2 is 2.12 bits per heavy atom. The molecular formula is C13H21NO2S. The summed E-state index contributed by atoms with van der Waals surface area (Å²) in [5.74, 6) is 0.212. The Kier molecular flexibility index (Phi) is 8.32. The Hall–Kier alpha value is -1.16. The monoisotopic (exact) mass is 255 g/mol. The van der Waals surface area contributed by atoms with E-state index in [9.17, 15) is 4.79 Å². The Balaban J connectivity index is 0.00000121. The van der Waals surface area contributed by atoms with Crippen LogP contribution in [-0.2, 0) is 4.74 Å². The average Bonchev–Trinajstić information content (AvgIpc) is 2.82. The van der Waals surface area contributed by atoms with E-state index in [0.717, 1.165) is 11.3 Å². The van der Waals surface area contributed by atoms with Gasteiger partial charge in [0.2, 0.25) is 0 Å². The first kappa shape index (κ1) is 15.8. The van der Waals surface area contributed by atoms with Gasteiger partial charge in [0, 0.05) is 5.56 Å². The lowest BCUT2D eigenvalue weighted by Gasteiger charge is -2.07. The van der Waals surface area contributed by atoms with Crippen LogP contribution in [-0.4, -0.2) is 18.4 Å². The second-order valence-electron chi connectivity index (χ2n) is 3.36. The molecule has 1 aromatic heterocycles. The van der Waals surface area contributed by atoms with Crippen molar-refractivity contribution in [1.29, 1.82) is 0 Å². The lowest BCUT2D eigenvalue weighted by Crippen LogP contribution is -2.12. The largest absolute Gasteiger partial charge is 0.448 e. The molecule has 0 atom stereocenters. The molecule has 1 aromatic rings. The number of ether oxygens (including phenoxy) is 1. The molecular weight excluding hydrogens is 234 g/mol. The summed E-state index contributed by atoms with van der Waals surface area (Å²) in [6.07, 6.45) is -0.507. The Labute approximate surface area is 108 Å². The average molecular weight is 255 g/mol. The van der Waals surface area contributed by atoms with Gasteiger partial charge in [0.15, 0.2) is 0 Å². The van der Waals surface area contributed by atoms with Crippen LogP contribution in [0, 0.1) is 5.92 Å². The van der Waals surface area contributed by atoms with E-state index in [1.54, 1.807) is 18.3 Å². The Bertz CT molecular complexity index is 342. The van der Waals surface area contributed by atoms with E-state index in [1.807, 2.05) is 44.5 Å². The molecule has 0 N–H and O–H groups in total. The van der Waals surface area contributed by atoms with Gasteiger partial charge in [-0.05, 0) is 29.7 Å². The second-order valence-corrected chi connectivity index (χ2v) is 4.14. The smallest absolute Gasteiger partial charge is 0.433 e. The van der Waals surface area contributed by atoms with Gasteiger partial charge < -0.3 is 4.74 Å². The highest BCUT2D eigenvalue weighted by atomic mass is 32.1. The summed E-state index contributed by atoms with van der Waals surface area (Å²) in [6.45, 7) is 10.1. The molecule has 0 aliphatic heterocycles. The van der Waals surface area contributed by atoms with Crippen molar-refractivity contribution in [3.8, 4) is 0 Å². The number of rotatable bonds is 3. The number of thiophene rings is 1. The lowest BCUT2D eigenvalue weighted by atomic mass is 10.0. The van der Waals surface area contributed by atoms with Gasteiger partial charge >= 0.3 is 6.09 Å². The number of carbonyl (C=O) groups is 1. The third kappa shape index (κ3) is 5.63. The van der Waals surface area contributed by atoms with Crippen LogP contribution in [0.5, 0.6) is 0 Å². The molecule has 4 heteroatoms. The minimum atomic E-state index is -0.507. The van der Waals surface area contributed by atoms with Crippen LogP contribution in [0.2, 0.25) is 0 Å². The first-order valence-corrected chi connectivity index (χ1v) is 6.87. The minimum absolute atomic E-state index is 0.212. The molecule has 17 heavy (non-hydrogen) atoms. The highest BCUT2D eigenvalue weighted by Gasteiger charge is 2.11. The summed E-state index contributed by atoms with van der Waals surface area (Å²) in [5, 5.41) is 3.95.